The Kier molecular flexibility index (Phi) is 2.61. The third-order valence-electron chi connectivity index (χ3n) is 3.51. The number of carbonyl (C=O) groups is 2. The molecule has 1 heterocycles. The summed E-state index contributed by atoms with van der Waals surface area (Å²) < 4.78 is 5.13. The summed E-state index contributed by atoms with van der Waals surface area (Å²) in [5.41, 5.74) is 1.10. The van der Waals surface area contributed by atoms with Gasteiger partial charge in [-0.3, -0.25) is 9.59 Å². The van der Waals surface area contributed by atoms with Crippen LogP contribution in [-0.2, 0) is 4.74 Å². The molecule has 1 unspecified atom stereocenters. The number of ether oxygens (including phenoxy) is 1. The Labute approximate surface area is 110 Å². The number of hydrogen-bond acceptors (Lipinski definition) is 3. The van der Waals surface area contributed by atoms with Gasteiger partial charge in [-0.2, -0.15) is 0 Å². The first-order chi connectivity index (χ1) is 9.15. The highest BCUT2D eigenvalue weighted by Gasteiger charge is 2.35. The van der Waals surface area contributed by atoms with Gasteiger partial charge in [-0.15, -0.1) is 0 Å². The van der Waals surface area contributed by atoms with E-state index in [4.69, 9.17) is 4.74 Å². The number of imide groups is 1. The van der Waals surface area contributed by atoms with E-state index in [0.717, 1.165) is 15.7 Å². The summed E-state index contributed by atoms with van der Waals surface area (Å²) in [6.07, 6.45) is -0.580. The number of amides is 2. The lowest BCUT2D eigenvalue weighted by Crippen LogP contribution is -2.46. The Hall–Kier alpha value is -2.20. The van der Waals surface area contributed by atoms with Gasteiger partial charge in [0.1, 0.15) is 6.23 Å². The Bertz CT molecular complexity index is 642. The van der Waals surface area contributed by atoms with E-state index in [-0.39, 0.29) is 11.8 Å². The first-order valence-electron chi connectivity index (χ1n) is 6.07. The lowest BCUT2D eigenvalue weighted by Gasteiger charge is -2.30. The van der Waals surface area contributed by atoms with E-state index in [9.17, 15) is 9.59 Å². The molecule has 1 aliphatic rings. The summed E-state index contributed by atoms with van der Waals surface area (Å²) in [5.74, 6) is -0.604. The molecule has 96 valence electrons. The number of benzene rings is 2. The highest BCUT2D eigenvalue weighted by molar-refractivity contribution is 6.25. The van der Waals surface area contributed by atoms with Crippen molar-refractivity contribution >= 4 is 22.6 Å². The molecule has 0 aromatic heterocycles. The molecule has 3 rings (SSSR count). The van der Waals surface area contributed by atoms with Crippen LogP contribution in [-0.4, -0.2) is 30.1 Å². The maximum Gasteiger partial charge on any atom is 0.263 e. The average molecular weight is 255 g/mol. The molecule has 0 saturated carbocycles. The van der Waals surface area contributed by atoms with Crippen molar-refractivity contribution in [2.24, 2.45) is 0 Å². The van der Waals surface area contributed by atoms with Gasteiger partial charge < -0.3 is 4.74 Å². The normalized spacial score (nSPS) is 16.0. The van der Waals surface area contributed by atoms with Gasteiger partial charge in [0.05, 0.1) is 0 Å². The second kappa shape index (κ2) is 4.17. The molecule has 2 aromatic carbocycles. The molecule has 0 aliphatic carbocycles. The Morgan fingerprint density at radius 2 is 1.53 bits per heavy atom. The second-order valence-electron chi connectivity index (χ2n) is 4.52. The molecular weight excluding hydrogens is 242 g/mol. The van der Waals surface area contributed by atoms with Crippen molar-refractivity contribution in [3.8, 4) is 0 Å². The highest BCUT2D eigenvalue weighted by Crippen LogP contribution is 2.30. The summed E-state index contributed by atoms with van der Waals surface area (Å²) in [6.45, 7) is 1.68. The Morgan fingerprint density at radius 3 is 2.00 bits per heavy atom. The first-order valence-corrected chi connectivity index (χ1v) is 6.07. The average Bonchev–Trinajstić information content (AvgIpc) is 2.44. The molecule has 2 aromatic rings. The highest BCUT2D eigenvalue weighted by atomic mass is 16.5. The lowest BCUT2D eigenvalue weighted by atomic mass is 9.94. The molecule has 0 spiro atoms. The van der Waals surface area contributed by atoms with Gasteiger partial charge in [-0.25, -0.2) is 4.90 Å². The van der Waals surface area contributed by atoms with Gasteiger partial charge in [0.25, 0.3) is 11.8 Å². The van der Waals surface area contributed by atoms with Gasteiger partial charge in [0.15, 0.2) is 0 Å². The van der Waals surface area contributed by atoms with Crippen LogP contribution in [0.3, 0.4) is 0 Å². The van der Waals surface area contributed by atoms with Crippen LogP contribution in [0.4, 0.5) is 0 Å². The molecule has 1 aliphatic heterocycles. The molecule has 19 heavy (non-hydrogen) atoms. The van der Waals surface area contributed by atoms with E-state index in [1.807, 2.05) is 24.3 Å². The van der Waals surface area contributed by atoms with Crippen molar-refractivity contribution in [3.05, 3.63) is 47.5 Å². The van der Waals surface area contributed by atoms with Crippen LogP contribution < -0.4 is 0 Å². The zero-order chi connectivity index (χ0) is 13.6. The molecule has 0 N–H and O–H groups in total. The van der Waals surface area contributed by atoms with Crippen molar-refractivity contribution in [1.82, 2.24) is 4.90 Å². The van der Waals surface area contributed by atoms with Gasteiger partial charge in [0.2, 0.25) is 0 Å². The minimum atomic E-state index is -0.580. The van der Waals surface area contributed by atoms with Crippen molar-refractivity contribution in [2.75, 3.05) is 7.11 Å². The van der Waals surface area contributed by atoms with E-state index < -0.39 is 6.23 Å². The fraction of sp³-hybridized carbons (Fsp3) is 0.200. The Morgan fingerprint density at radius 1 is 1.00 bits per heavy atom. The van der Waals surface area contributed by atoms with E-state index in [1.54, 1.807) is 19.1 Å². The lowest BCUT2D eigenvalue weighted by molar-refractivity contribution is -0.00398. The number of hydrogen-bond donors (Lipinski definition) is 0. The van der Waals surface area contributed by atoms with Gasteiger partial charge in [-0.05, 0) is 24.4 Å². The molecule has 0 bridgehead atoms. The van der Waals surface area contributed by atoms with Crippen molar-refractivity contribution in [3.63, 3.8) is 0 Å². The summed E-state index contributed by atoms with van der Waals surface area (Å²) >= 11 is 0. The molecular formula is C15H13NO3. The summed E-state index contributed by atoms with van der Waals surface area (Å²) in [7, 11) is 1.48. The van der Waals surface area contributed by atoms with E-state index >= 15 is 0 Å². The van der Waals surface area contributed by atoms with Crippen molar-refractivity contribution < 1.29 is 14.3 Å². The molecule has 1 atom stereocenters. The molecule has 4 heteroatoms. The second-order valence-corrected chi connectivity index (χ2v) is 4.52. The predicted molar refractivity (Wildman–Crippen MR) is 70.9 cm³/mol. The fourth-order valence-corrected chi connectivity index (χ4v) is 2.48. The van der Waals surface area contributed by atoms with Crippen LogP contribution in [0, 0.1) is 0 Å². The monoisotopic (exact) mass is 255 g/mol. The molecule has 0 radical (unpaired) electrons. The minimum absolute atomic E-state index is 0.302. The fourth-order valence-electron chi connectivity index (χ4n) is 2.48. The summed E-state index contributed by atoms with van der Waals surface area (Å²) in [6, 6.07) is 10.9. The number of nitrogens with zero attached hydrogens (tertiary/aromatic N) is 1. The van der Waals surface area contributed by atoms with Crippen LogP contribution in [0.1, 0.15) is 27.6 Å². The standard InChI is InChI=1S/C15H13NO3/c1-9(19-2)16-14(17)11-7-3-5-10-6-4-8-12(13(10)11)15(16)18/h3-9H,1-2H3. The van der Waals surface area contributed by atoms with E-state index in [2.05, 4.69) is 0 Å². The largest absolute Gasteiger partial charge is 0.361 e. The molecule has 4 nitrogen and oxygen atoms in total. The molecule has 2 amide bonds. The minimum Gasteiger partial charge on any atom is -0.361 e. The van der Waals surface area contributed by atoms with Crippen molar-refractivity contribution in [1.29, 1.82) is 0 Å². The van der Waals surface area contributed by atoms with Crippen LogP contribution in [0.5, 0.6) is 0 Å². The molecule has 0 saturated heterocycles. The number of rotatable bonds is 2. The topological polar surface area (TPSA) is 46.6 Å². The predicted octanol–water partition coefficient (Wildman–Crippen LogP) is 2.43. The van der Waals surface area contributed by atoms with Gasteiger partial charge in [0, 0.05) is 23.6 Å². The zero-order valence-corrected chi connectivity index (χ0v) is 10.7. The smallest absolute Gasteiger partial charge is 0.263 e. The number of methoxy groups -OCH3 is 1. The Balaban J connectivity index is 2.31. The maximum atomic E-state index is 12.4. The van der Waals surface area contributed by atoms with Crippen LogP contribution >= 0.6 is 0 Å². The number of carbonyl (C=O) groups excluding carboxylic acids is 2. The van der Waals surface area contributed by atoms with E-state index in [1.165, 1.54) is 7.11 Å². The molecule has 0 fully saturated rings. The van der Waals surface area contributed by atoms with Crippen molar-refractivity contribution in [2.45, 2.75) is 13.2 Å². The van der Waals surface area contributed by atoms with Crippen LogP contribution in [0.25, 0.3) is 10.8 Å². The van der Waals surface area contributed by atoms with E-state index in [0.29, 0.717) is 11.1 Å². The van der Waals surface area contributed by atoms with Crippen LogP contribution in [0.2, 0.25) is 0 Å². The van der Waals surface area contributed by atoms with Gasteiger partial charge in [-0.1, -0.05) is 24.3 Å². The zero-order valence-electron chi connectivity index (χ0n) is 10.7. The summed E-state index contributed by atoms with van der Waals surface area (Å²) in [4.78, 5) is 26.0. The third-order valence-corrected chi connectivity index (χ3v) is 3.51. The summed E-state index contributed by atoms with van der Waals surface area (Å²) in [5, 5.41) is 1.64. The van der Waals surface area contributed by atoms with Crippen LogP contribution in [0.15, 0.2) is 36.4 Å². The maximum absolute atomic E-state index is 12.4. The van der Waals surface area contributed by atoms with Gasteiger partial charge >= 0.3 is 0 Å². The quantitative estimate of drug-likeness (QED) is 0.774. The third kappa shape index (κ3) is 1.57. The SMILES string of the molecule is COC(C)N1C(=O)c2cccc3cccc(c23)C1=O. The first kappa shape index (κ1) is 11.9.